The second kappa shape index (κ2) is 8.69. The molecule has 15 heavy (non-hydrogen) atoms. The van der Waals surface area contributed by atoms with Gasteiger partial charge in [-0.1, -0.05) is 18.2 Å². The fourth-order valence-corrected chi connectivity index (χ4v) is 1.29. The first kappa shape index (κ1) is 15.6. The van der Waals surface area contributed by atoms with Gasteiger partial charge in [0.1, 0.15) is 6.29 Å². The number of carbonyl (C=O) groups excluding carboxylic acids is 1. The zero-order valence-corrected chi connectivity index (χ0v) is 13.0. The minimum Gasteiger partial charge on any atom is -0.761 e. The molecular weight excluding hydrogens is 255 g/mol. The zero-order chi connectivity index (χ0) is 10.4. The summed E-state index contributed by atoms with van der Waals surface area (Å²) in [6.07, 6.45) is 0.619. The molecular formula is C9H9KN2OS2. The van der Waals surface area contributed by atoms with Crippen LogP contribution in [0.5, 0.6) is 0 Å². The van der Waals surface area contributed by atoms with Crippen LogP contribution in [0.2, 0.25) is 0 Å². The summed E-state index contributed by atoms with van der Waals surface area (Å²) in [5.74, 6) is 0. The van der Waals surface area contributed by atoms with Gasteiger partial charge < -0.3 is 28.1 Å². The van der Waals surface area contributed by atoms with E-state index in [9.17, 15) is 4.79 Å². The van der Waals surface area contributed by atoms with Crippen molar-refractivity contribution < 1.29 is 56.2 Å². The quantitative estimate of drug-likeness (QED) is 0.287. The summed E-state index contributed by atoms with van der Waals surface area (Å²) < 4.78 is 0. The molecule has 0 saturated heterocycles. The van der Waals surface area contributed by atoms with Crippen LogP contribution in [0.1, 0.15) is 0 Å². The molecule has 0 amide bonds. The van der Waals surface area contributed by atoms with Crippen LogP contribution in [0.4, 0.5) is 5.69 Å². The summed E-state index contributed by atoms with van der Waals surface area (Å²) in [5, 5.41) is 5.22. The number of hydrogen-bond donors (Lipinski definition) is 2. The van der Waals surface area contributed by atoms with Crippen LogP contribution in [-0.2, 0) is 17.4 Å². The molecule has 1 atom stereocenters. The van der Waals surface area contributed by atoms with Crippen molar-refractivity contribution >= 4 is 41.9 Å². The van der Waals surface area contributed by atoms with E-state index in [2.05, 4.69) is 10.6 Å². The minimum absolute atomic E-state index is 0. The van der Waals surface area contributed by atoms with Crippen LogP contribution >= 0.6 is 12.2 Å². The second-order valence-electron chi connectivity index (χ2n) is 2.52. The fraction of sp³-hybridized carbons (Fsp3) is 0.111. The number of benzene rings is 1. The van der Waals surface area contributed by atoms with Crippen LogP contribution in [0.25, 0.3) is 0 Å². The predicted molar refractivity (Wildman–Crippen MR) is 63.0 cm³/mol. The van der Waals surface area contributed by atoms with Crippen LogP contribution in [0, 0.1) is 0 Å². The van der Waals surface area contributed by atoms with Gasteiger partial charge >= 0.3 is 51.4 Å². The Balaban J connectivity index is 0.00000196. The summed E-state index contributed by atoms with van der Waals surface area (Å²) in [6, 6.07) is 9.41. The molecule has 1 aromatic rings. The predicted octanol–water partition coefficient (Wildman–Crippen LogP) is -1.95. The minimum atomic E-state index is -0.682. The van der Waals surface area contributed by atoms with Crippen molar-refractivity contribution in [1.82, 2.24) is 5.32 Å². The molecule has 0 aliphatic carbocycles. The number of thiocarbonyl (C=S) groups is 1. The van der Waals surface area contributed by atoms with Crippen LogP contribution in [-0.4, -0.2) is 16.8 Å². The van der Waals surface area contributed by atoms with Crippen molar-refractivity contribution in [3.63, 3.8) is 0 Å². The largest absolute Gasteiger partial charge is 1.00 e. The average molecular weight is 264 g/mol. The molecule has 2 N–H and O–H groups in total. The van der Waals surface area contributed by atoms with E-state index in [1.165, 1.54) is 0 Å². The van der Waals surface area contributed by atoms with Gasteiger partial charge in [0, 0.05) is 5.69 Å². The molecule has 74 valence electrons. The van der Waals surface area contributed by atoms with Crippen molar-refractivity contribution in [1.29, 1.82) is 0 Å². The maximum Gasteiger partial charge on any atom is 1.00 e. The van der Waals surface area contributed by atoms with Gasteiger partial charge in [-0.25, -0.2) is 0 Å². The third kappa shape index (κ3) is 6.67. The van der Waals surface area contributed by atoms with Crippen LogP contribution in [0.15, 0.2) is 30.3 Å². The smallest absolute Gasteiger partial charge is 0.761 e. The molecule has 0 aliphatic heterocycles. The van der Waals surface area contributed by atoms with Gasteiger partial charge in [-0.3, -0.25) is 0 Å². The van der Waals surface area contributed by atoms with E-state index < -0.39 is 5.37 Å². The number of aldehydes is 1. The second-order valence-corrected chi connectivity index (χ2v) is 3.44. The van der Waals surface area contributed by atoms with Gasteiger partial charge in [-0.2, -0.15) is 0 Å². The number of para-hydroxylation sites is 1. The molecule has 1 aromatic carbocycles. The van der Waals surface area contributed by atoms with Crippen LogP contribution < -0.4 is 62.0 Å². The summed E-state index contributed by atoms with van der Waals surface area (Å²) in [6.45, 7) is 0. The molecule has 1 rings (SSSR count). The molecule has 0 fully saturated rings. The van der Waals surface area contributed by atoms with E-state index in [-0.39, 0.29) is 51.4 Å². The van der Waals surface area contributed by atoms with Gasteiger partial charge in [0.2, 0.25) is 0 Å². The first-order chi connectivity index (χ1) is 6.72. The zero-order valence-electron chi connectivity index (χ0n) is 8.27. The van der Waals surface area contributed by atoms with E-state index in [0.717, 1.165) is 5.69 Å². The number of nitrogens with one attached hydrogen (secondary N) is 2. The van der Waals surface area contributed by atoms with Gasteiger partial charge in [-0.15, -0.1) is 0 Å². The molecule has 0 radical (unpaired) electrons. The summed E-state index contributed by atoms with van der Waals surface area (Å²) in [4.78, 5) is 10.2. The standard InChI is InChI=1S/C9H10N2OS2.K/c12-6-8(13)11-9(14)10-7-4-2-1-3-5-7;/h1-6,8,13H,(H2,10,11,14);/q;+1/p-1. The summed E-state index contributed by atoms with van der Waals surface area (Å²) in [5.41, 5.74) is 0.859. The molecule has 0 aromatic heterocycles. The molecule has 0 bridgehead atoms. The Morgan fingerprint density at radius 2 is 2.00 bits per heavy atom. The first-order valence-electron chi connectivity index (χ1n) is 3.96. The van der Waals surface area contributed by atoms with E-state index in [4.69, 9.17) is 24.8 Å². The van der Waals surface area contributed by atoms with Crippen molar-refractivity contribution in [3.8, 4) is 0 Å². The maximum atomic E-state index is 10.2. The van der Waals surface area contributed by atoms with Crippen molar-refractivity contribution in [2.24, 2.45) is 0 Å². The SMILES string of the molecule is O=CC([S-])NC(=S)Nc1ccccc1.[K+]. The van der Waals surface area contributed by atoms with Crippen molar-refractivity contribution in [3.05, 3.63) is 30.3 Å². The Morgan fingerprint density at radius 1 is 1.40 bits per heavy atom. The summed E-state index contributed by atoms with van der Waals surface area (Å²) in [7, 11) is 0. The maximum absolute atomic E-state index is 10.2. The monoisotopic (exact) mass is 264 g/mol. The van der Waals surface area contributed by atoms with Gasteiger partial charge in [-0.05, 0) is 29.7 Å². The number of carbonyl (C=O) groups is 1. The van der Waals surface area contributed by atoms with E-state index in [0.29, 0.717) is 11.4 Å². The molecule has 3 nitrogen and oxygen atoms in total. The Labute approximate surface area is 142 Å². The van der Waals surface area contributed by atoms with Gasteiger partial charge in [0.15, 0.2) is 5.11 Å². The third-order valence-electron chi connectivity index (χ3n) is 1.43. The molecule has 0 aliphatic rings. The Kier molecular flexibility index (Phi) is 9.02. The molecule has 6 heteroatoms. The Hall–Kier alpha value is 0.566. The van der Waals surface area contributed by atoms with Crippen LogP contribution in [0.3, 0.4) is 0 Å². The Morgan fingerprint density at radius 3 is 2.53 bits per heavy atom. The van der Waals surface area contributed by atoms with Crippen molar-refractivity contribution in [2.75, 3.05) is 5.32 Å². The summed E-state index contributed by atoms with van der Waals surface area (Å²) >= 11 is 9.66. The van der Waals surface area contributed by atoms with Gasteiger partial charge in [0.05, 0.1) is 0 Å². The normalized spacial score (nSPS) is 10.7. The molecule has 0 spiro atoms. The topological polar surface area (TPSA) is 41.1 Å². The fourth-order valence-electron chi connectivity index (χ4n) is 0.852. The van der Waals surface area contributed by atoms with Gasteiger partial charge in [0.25, 0.3) is 0 Å². The first-order valence-corrected chi connectivity index (χ1v) is 4.84. The van der Waals surface area contributed by atoms with E-state index in [1.807, 2.05) is 30.3 Å². The van der Waals surface area contributed by atoms with Crippen molar-refractivity contribution in [2.45, 2.75) is 5.37 Å². The number of hydrogen-bond acceptors (Lipinski definition) is 3. The Bertz CT molecular complexity index is 321. The third-order valence-corrected chi connectivity index (χ3v) is 1.88. The number of rotatable bonds is 3. The number of anilines is 1. The van der Waals surface area contributed by atoms with E-state index in [1.54, 1.807) is 0 Å². The van der Waals surface area contributed by atoms with E-state index >= 15 is 0 Å². The molecule has 1 unspecified atom stereocenters. The average Bonchev–Trinajstić information content (AvgIpc) is 2.19. The molecule has 0 saturated carbocycles. The molecule has 0 heterocycles.